The summed E-state index contributed by atoms with van der Waals surface area (Å²) in [5, 5.41) is 13.7. The molecule has 0 saturated carbocycles. The highest BCUT2D eigenvalue weighted by Gasteiger charge is 2.21. The molecule has 1 aromatic carbocycles. The summed E-state index contributed by atoms with van der Waals surface area (Å²) >= 11 is 0. The average molecular weight is 274 g/mol. The number of aryl methyl sites for hydroxylation is 1. The lowest BCUT2D eigenvalue weighted by Crippen LogP contribution is -2.26. The second kappa shape index (κ2) is 5.96. The molecule has 1 heterocycles. The molecule has 0 aliphatic heterocycles. The number of carbonyl (C=O) groups is 1. The lowest BCUT2D eigenvalue weighted by Gasteiger charge is -2.06. The molecule has 2 aromatic rings. The van der Waals surface area contributed by atoms with E-state index in [1.165, 1.54) is 6.07 Å². The minimum Gasteiger partial charge on any atom is -0.351 e. The van der Waals surface area contributed by atoms with Crippen LogP contribution in [-0.4, -0.2) is 27.3 Å². The van der Waals surface area contributed by atoms with Crippen molar-refractivity contribution in [3.05, 3.63) is 57.7 Å². The van der Waals surface area contributed by atoms with Crippen molar-refractivity contribution in [2.45, 2.75) is 13.3 Å². The molecular formula is C13H14N4O3. The van der Waals surface area contributed by atoms with Gasteiger partial charge in [-0.25, -0.2) is 4.98 Å². The number of imidazole rings is 1. The van der Waals surface area contributed by atoms with E-state index in [1.54, 1.807) is 31.5 Å². The normalized spacial score (nSPS) is 10.2. The van der Waals surface area contributed by atoms with Crippen LogP contribution in [0.15, 0.2) is 30.6 Å². The number of nitrogens with one attached hydrogen (secondary N) is 2. The number of aromatic nitrogens is 2. The molecule has 2 rings (SSSR count). The van der Waals surface area contributed by atoms with Gasteiger partial charge in [-0.15, -0.1) is 0 Å². The van der Waals surface area contributed by atoms with Crippen LogP contribution >= 0.6 is 0 Å². The maximum atomic E-state index is 12.0. The van der Waals surface area contributed by atoms with Gasteiger partial charge in [0.1, 0.15) is 11.4 Å². The molecule has 2 N–H and O–H groups in total. The summed E-state index contributed by atoms with van der Waals surface area (Å²) in [4.78, 5) is 29.4. The summed E-state index contributed by atoms with van der Waals surface area (Å²) in [5.74, 6) is 0.302. The predicted molar refractivity (Wildman–Crippen MR) is 72.5 cm³/mol. The standard InChI is InChI=1S/C13H14N4O3/c1-9-3-2-4-10(12(9)17(19)20)13(18)16-6-5-11-14-7-8-15-11/h2-4,7-8H,5-6H2,1H3,(H,14,15)(H,16,18). The van der Waals surface area contributed by atoms with E-state index in [2.05, 4.69) is 15.3 Å². The quantitative estimate of drug-likeness (QED) is 0.638. The number of rotatable bonds is 5. The summed E-state index contributed by atoms with van der Waals surface area (Å²) in [5.41, 5.74) is 0.395. The molecular weight excluding hydrogens is 260 g/mol. The Labute approximate surface area is 115 Å². The minimum absolute atomic E-state index is 0.0782. The van der Waals surface area contributed by atoms with Crippen LogP contribution in [0.25, 0.3) is 0 Å². The molecule has 0 bridgehead atoms. The van der Waals surface area contributed by atoms with Gasteiger partial charge in [-0.05, 0) is 13.0 Å². The molecule has 7 nitrogen and oxygen atoms in total. The number of nitro benzene ring substituents is 1. The fourth-order valence-corrected chi connectivity index (χ4v) is 1.91. The SMILES string of the molecule is Cc1cccc(C(=O)NCCc2ncc[nH]2)c1[N+](=O)[O-]. The zero-order valence-corrected chi connectivity index (χ0v) is 10.9. The first-order chi connectivity index (χ1) is 9.59. The molecule has 1 amide bonds. The van der Waals surface area contributed by atoms with E-state index in [-0.39, 0.29) is 11.3 Å². The second-order valence-electron chi connectivity index (χ2n) is 4.27. The Balaban J connectivity index is 2.06. The Bertz CT molecular complexity index is 623. The van der Waals surface area contributed by atoms with Crippen molar-refractivity contribution in [2.75, 3.05) is 6.54 Å². The molecule has 104 valence electrons. The van der Waals surface area contributed by atoms with Crippen LogP contribution in [0, 0.1) is 17.0 Å². The van der Waals surface area contributed by atoms with Crippen LogP contribution in [-0.2, 0) is 6.42 Å². The fourth-order valence-electron chi connectivity index (χ4n) is 1.91. The zero-order chi connectivity index (χ0) is 14.5. The number of amides is 1. The van der Waals surface area contributed by atoms with Crippen LogP contribution < -0.4 is 5.32 Å². The number of benzene rings is 1. The molecule has 0 atom stereocenters. The van der Waals surface area contributed by atoms with Gasteiger partial charge in [0, 0.05) is 30.9 Å². The number of nitrogens with zero attached hydrogens (tertiary/aromatic N) is 2. The first kappa shape index (κ1) is 13.7. The van der Waals surface area contributed by atoms with Gasteiger partial charge in [0.15, 0.2) is 0 Å². The summed E-state index contributed by atoms with van der Waals surface area (Å²) in [7, 11) is 0. The molecule has 0 radical (unpaired) electrons. The lowest BCUT2D eigenvalue weighted by molar-refractivity contribution is -0.385. The number of nitro groups is 1. The Morgan fingerprint density at radius 3 is 2.95 bits per heavy atom. The number of H-pyrrole nitrogens is 1. The molecule has 20 heavy (non-hydrogen) atoms. The van der Waals surface area contributed by atoms with E-state index >= 15 is 0 Å². The summed E-state index contributed by atoms with van der Waals surface area (Å²) < 4.78 is 0. The summed E-state index contributed by atoms with van der Waals surface area (Å²) in [6, 6.07) is 4.69. The van der Waals surface area contributed by atoms with Crippen molar-refractivity contribution in [1.29, 1.82) is 0 Å². The van der Waals surface area contributed by atoms with Crippen LogP contribution in [0.3, 0.4) is 0 Å². The lowest BCUT2D eigenvalue weighted by atomic mass is 10.1. The van der Waals surface area contributed by atoms with Gasteiger partial charge in [-0.3, -0.25) is 14.9 Å². The highest BCUT2D eigenvalue weighted by atomic mass is 16.6. The van der Waals surface area contributed by atoms with E-state index in [1.807, 2.05) is 0 Å². The maximum Gasteiger partial charge on any atom is 0.285 e. The van der Waals surface area contributed by atoms with E-state index in [9.17, 15) is 14.9 Å². The minimum atomic E-state index is -0.531. The molecule has 1 aromatic heterocycles. The monoisotopic (exact) mass is 274 g/mol. The van der Waals surface area contributed by atoms with Crippen molar-refractivity contribution in [3.8, 4) is 0 Å². The third kappa shape index (κ3) is 3.00. The van der Waals surface area contributed by atoms with Gasteiger partial charge in [0.25, 0.3) is 11.6 Å². The van der Waals surface area contributed by atoms with Crippen molar-refractivity contribution in [3.63, 3.8) is 0 Å². The molecule has 0 unspecified atom stereocenters. The highest BCUT2D eigenvalue weighted by molar-refractivity contribution is 5.98. The van der Waals surface area contributed by atoms with Crippen LogP contribution in [0.5, 0.6) is 0 Å². The number of hydrogen-bond donors (Lipinski definition) is 2. The highest BCUT2D eigenvalue weighted by Crippen LogP contribution is 2.22. The Morgan fingerprint density at radius 2 is 2.30 bits per heavy atom. The largest absolute Gasteiger partial charge is 0.351 e. The molecule has 0 fully saturated rings. The van der Waals surface area contributed by atoms with Gasteiger partial charge < -0.3 is 10.3 Å². The van der Waals surface area contributed by atoms with E-state index < -0.39 is 10.8 Å². The number of hydrogen-bond acceptors (Lipinski definition) is 4. The molecule has 0 saturated heterocycles. The van der Waals surface area contributed by atoms with Gasteiger partial charge >= 0.3 is 0 Å². The first-order valence-corrected chi connectivity index (χ1v) is 6.10. The van der Waals surface area contributed by atoms with Gasteiger partial charge in [0.05, 0.1) is 4.92 Å². The van der Waals surface area contributed by atoms with Gasteiger partial charge in [-0.1, -0.05) is 12.1 Å². The smallest absolute Gasteiger partial charge is 0.285 e. The van der Waals surface area contributed by atoms with E-state index in [0.29, 0.717) is 18.5 Å². The molecule has 0 aliphatic rings. The van der Waals surface area contributed by atoms with E-state index in [0.717, 1.165) is 5.82 Å². The predicted octanol–water partition coefficient (Wildman–Crippen LogP) is 1.60. The molecule has 0 spiro atoms. The fraction of sp³-hybridized carbons (Fsp3) is 0.231. The van der Waals surface area contributed by atoms with Crippen molar-refractivity contribution < 1.29 is 9.72 Å². The summed E-state index contributed by atoms with van der Waals surface area (Å²) in [6.45, 7) is 1.97. The van der Waals surface area contributed by atoms with Crippen molar-refractivity contribution >= 4 is 11.6 Å². The van der Waals surface area contributed by atoms with Crippen LogP contribution in [0.2, 0.25) is 0 Å². The van der Waals surface area contributed by atoms with Crippen LogP contribution in [0.4, 0.5) is 5.69 Å². The van der Waals surface area contributed by atoms with Crippen molar-refractivity contribution in [1.82, 2.24) is 15.3 Å². The Morgan fingerprint density at radius 1 is 1.50 bits per heavy atom. The van der Waals surface area contributed by atoms with Crippen LogP contribution in [0.1, 0.15) is 21.7 Å². The first-order valence-electron chi connectivity index (χ1n) is 6.10. The number of carbonyl (C=O) groups excluding carboxylic acids is 1. The zero-order valence-electron chi connectivity index (χ0n) is 10.9. The third-order valence-corrected chi connectivity index (χ3v) is 2.87. The third-order valence-electron chi connectivity index (χ3n) is 2.87. The topological polar surface area (TPSA) is 101 Å². The molecule has 7 heteroatoms. The van der Waals surface area contributed by atoms with Gasteiger partial charge in [-0.2, -0.15) is 0 Å². The molecule has 0 aliphatic carbocycles. The number of aromatic amines is 1. The average Bonchev–Trinajstić information content (AvgIpc) is 2.91. The number of para-hydroxylation sites is 1. The Hall–Kier alpha value is -2.70. The second-order valence-corrected chi connectivity index (χ2v) is 4.27. The maximum absolute atomic E-state index is 12.0. The van der Waals surface area contributed by atoms with E-state index in [4.69, 9.17) is 0 Å². The van der Waals surface area contributed by atoms with Crippen molar-refractivity contribution in [2.24, 2.45) is 0 Å². The summed E-state index contributed by atoms with van der Waals surface area (Å²) in [6.07, 6.45) is 3.86. The van der Waals surface area contributed by atoms with Gasteiger partial charge in [0.2, 0.25) is 0 Å². The Kier molecular flexibility index (Phi) is 4.09.